The molecule has 1 aliphatic heterocycles. The number of carbonyl (C=O) groups excluding carboxylic acids is 1. The molecule has 0 spiro atoms. The average molecular weight is 300 g/mol. The number of anilines is 1. The Labute approximate surface area is 125 Å². The molecule has 3 rings (SSSR count). The van der Waals surface area contributed by atoms with Gasteiger partial charge < -0.3 is 10.0 Å². The van der Waals surface area contributed by atoms with Crippen LogP contribution in [0.4, 0.5) is 5.69 Å². The van der Waals surface area contributed by atoms with E-state index in [0.29, 0.717) is 10.6 Å². The third kappa shape index (κ3) is 2.62. The van der Waals surface area contributed by atoms with Gasteiger partial charge in [-0.15, -0.1) is 0 Å². The highest BCUT2D eigenvalue weighted by atomic mass is 32.2. The number of para-hydroxylation sites is 1. The van der Waals surface area contributed by atoms with E-state index < -0.39 is 5.97 Å². The van der Waals surface area contributed by atoms with Crippen molar-refractivity contribution >= 4 is 29.3 Å². The molecule has 0 unspecified atom stereocenters. The summed E-state index contributed by atoms with van der Waals surface area (Å²) in [4.78, 5) is 30.2. The highest BCUT2D eigenvalue weighted by Crippen LogP contribution is 2.39. The van der Waals surface area contributed by atoms with E-state index in [1.807, 2.05) is 24.3 Å². The van der Waals surface area contributed by atoms with Crippen molar-refractivity contribution in [1.82, 2.24) is 4.98 Å². The minimum Gasteiger partial charge on any atom is -0.481 e. The van der Waals surface area contributed by atoms with Crippen molar-refractivity contribution < 1.29 is 14.7 Å². The van der Waals surface area contributed by atoms with Crippen LogP contribution in [0, 0.1) is 0 Å². The number of pyridine rings is 1. The molecule has 1 N–H and O–H groups in total. The zero-order chi connectivity index (χ0) is 14.8. The van der Waals surface area contributed by atoms with Crippen LogP contribution in [0.2, 0.25) is 0 Å². The summed E-state index contributed by atoms with van der Waals surface area (Å²) in [5, 5.41) is 9.53. The Balaban J connectivity index is 2.09. The lowest BCUT2D eigenvalue weighted by Gasteiger charge is -2.21. The molecule has 0 saturated heterocycles. The Hall–Kier alpha value is -2.34. The zero-order valence-electron chi connectivity index (χ0n) is 11.0. The molecule has 0 bridgehead atoms. The fourth-order valence-corrected chi connectivity index (χ4v) is 3.21. The van der Waals surface area contributed by atoms with Crippen molar-refractivity contribution in [1.29, 1.82) is 0 Å². The molecule has 1 amide bonds. The first kappa shape index (κ1) is 13.6. The van der Waals surface area contributed by atoms with Crippen molar-refractivity contribution in [3.05, 3.63) is 48.2 Å². The molecule has 0 saturated carbocycles. The van der Waals surface area contributed by atoms with E-state index in [1.54, 1.807) is 18.3 Å². The standard InChI is InChI=1S/C15H12N2O3S/c18-13(19)7-9-17-11-5-1-2-6-12(11)21-14-10(15(17)20)4-3-8-16-14/h1-6,8H,7,9H2,(H,18,19). The van der Waals surface area contributed by atoms with Crippen LogP contribution in [0.25, 0.3) is 0 Å². The molecule has 21 heavy (non-hydrogen) atoms. The number of benzene rings is 1. The van der Waals surface area contributed by atoms with Gasteiger partial charge in [0.15, 0.2) is 0 Å². The molecule has 6 heteroatoms. The summed E-state index contributed by atoms with van der Waals surface area (Å²) < 4.78 is 0. The molecular formula is C15H12N2O3S. The topological polar surface area (TPSA) is 70.5 Å². The minimum absolute atomic E-state index is 0.0969. The highest BCUT2D eigenvalue weighted by Gasteiger charge is 2.27. The van der Waals surface area contributed by atoms with Crippen molar-refractivity contribution in [3.8, 4) is 0 Å². The van der Waals surface area contributed by atoms with Crippen LogP contribution in [0.5, 0.6) is 0 Å². The number of rotatable bonds is 3. The Morgan fingerprint density at radius 1 is 1.24 bits per heavy atom. The minimum atomic E-state index is -0.927. The number of hydrogen-bond acceptors (Lipinski definition) is 4. The number of carboxylic acid groups (broad SMARTS) is 1. The third-order valence-corrected chi connectivity index (χ3v) is 4.24. The van der Waals surface area contributed by atoms with Crippen LogP contribution in [-0.4, -0.2) is 28.5 Å². The van der Waals surface area contributed by atoms with E-state index in [2.05, 4.69) is 4.98 Å². The Morgan fingerprint density at radius 3 is 2.86 bits per heavy atom. The predicted molar refractivity (Wildman–Crippen MR) is 78.7 cm³/mol. The Kier molecular flexibility index (Phi) is 3.62. The molecule has 106 valence electrons. The normalized spacial score (nSPS) is 13.3. The largest absolute Gasteiger partial charge is 0.481 e. The van der Waals surface area contributed by atoms with Gasteiger partial charge in [-0.05, 0) is 24.3 Å². The zero-order valence-corrected chi connectivity index (χ0v) is 11.8. The first-order chi connectivity index (χ1) is 10.2. The van der Waals surface area contributed by atoms with Crippen LogP contribution >= 0.6 is 11.8 Å². The molecular weight excluding hydrogens is 288 g/mol. The monoisotopic (exact) mass is 300 g/mol. The molecule has 1 aromatic heterocycles. The number of aliphatic carboxylic acids is 1. The van der Waals surface area contributed by atoms with Crippen molar-refractivity contribution in [3.63, 3.8) is 0 Å². The van der Waals surface area contributed by atoms with Crippen molar-refractivity contribution in [2.24, 2.45) is 0 Å². The Morgan fingerprint density at radius 2 is 2.05 bits per heavy atom. The molecule has 2 aromatic rings. The molecule has 2 heterocycles. The first-order valence-corrected chi connectivity index (χ1v) is 7.24. The molecule has 0 aliphatic carbocycles. The predicted octanol–water partition coefficient (Wildman–Crippen LogP) is 2.67. The summed E-state index contributed by atoms with van der Waals surface area (Å²) in [7, 11) is 0. The van der Waals surface area contributed by atoms with Crippen LogP contribution in [0.15, 0.2) is 52.5 Å². The molecule has 0 radical (unpaired) electrons. The fourth-order valence-electron chi connectivity index (χ4n) is 2.19. The van der Waals surface area contributed by atoms with E-state index in [0.717, 1.165) is 10.6 Å². The number of aromatic nitrogens is 1. The second kappa shape index (κ2) is 5.57. The van der Waals surface area contributed by atoms with Gasteiger partial charge in [-0.25, -0.2) is 4.98 Å². The summed E-state index contributed by atoms with van der Waals surface area (Å²) in [6.45, 7) is 0.139. The van der Waals surface area contributed by atoms with Gasteiger partial charge in [-0.2, -0.15) is 0 Å². The number of nitrogens with zero attached hydrogens (tertiary/aromatic N) is 2. The van der Waals surface area contributed by atoms with Crippen LogP contribution in [0.3, 0.4) is 0 Å². The fraction of sp³-hybridized carbons (Fsp3) is 0.133. The summed E-state index contributed by atoms with van der Waals surface area (Å²) in [6, 6.07) is 10.9. The first-order valence-electron chi connectivity index (χ1n) is 6.42. The molecule has 1 aliphatic rings. The van der Waals surface area contributed by atoms with E-state index in [-0.39, 0.29) is 18.9 Å². The van der Waals surface area contributed by atoms with Gasteiger partial charge in [-0.3, -0.25) is 9.59 Å². The van der Waals surface area contributed by atoms with Crippen molar-refractivity contribution in [2.45, 2.75) is 16.3 Å². The second-order valence-corrected chi connectivity index (χ2v) is 5.56. The lowest BCUT2D eigenvalue weighted by molar-refractivity contribution is -0.136. The summed E-state index contributed by atoms with van der Waals surface area (Å²) in [5.41, 5.74) is 1.23. The van der Waals surface area contributed by atoms with Gasteiger partial charge in [0, 0.05) is 17.6 Å². The van der Waals surface area contributed by atoms with E-state index in [4.69, 9.17) is 5.11 Å². The third-order valence-electron chi connectivity index (χ3n) is 3.16. The quantitative estimate of drug-likeness (QED) is 0.943. The van der Waals surface area contributed by atoms with E-state index in [9.17, 15) is 9.59 Å². The van der Waals surface area contributed by atoms with E-state index >= 15 is 0 Å². The molecule has 1 aromatic carbocycles. The number of amides is 1. The van der Waals surface area contributed by atoms with Gasteiger partial charge in [0.25, 0.3) is 5.91 Å². The Bertz CT molecular complexity index is 718. The SMILES string of the molecule is O=C(O)CCN1C(=O)c2cccnc2Sc2ccccc21. The molecule has 5 nitrogen and oxygen atoms in total. The number of carboxylic acids is 1. The summed E-state index contributed by atoms with van der Waals surface area (Å²) >= 11 is 1.42. The van der Waals surface area contributed by atoms with Gasteiger partial charge >= 0.3 is 5.97 Å². The molecule has 0 atom stereocenters. The van der Waals surface area contributed by atoms with Crippen LogP contribution in [0.1, 0.15) is 16.8 Å². The molecule has 0 fully saturated rings. The van der Waals surface area contributed by atoms with Gasteiger partial charge in [-0.1, -0.05) is 23.9 Å². The van der Waals surface area contributed by atoms with Gasteiger partial charge in [0.1, 0.15) is 5.03 Å². The average Bonchev–Trinajstić information content (AvgIpc) is 2.60. The number of fused-ring (bicyclic) bond motifs is 2. The number of carbonyl (C=O) groups is 2. The maximum absolute atomic E-state index is 12.7. The lowest BCUT2D eigenvalue weighted by atomic mass is 10.2. The highest BCUT2D eigenvalue weighted by molar-refractivity contribution is 7.99. The maximum atomic E-state index is 12.7. The maximum Gasteiger partial charge on any atom is 0.305 e. The van der Waals surface area contributed by atoms with E-state index in [1.165, 1.54) is 16.7 Å². The lowest BCUT2D eigenvalue weighted by Crippen LogP contribution is -2.33. The van der Waals surface area contributed by atoms with Crippen molar-refractivity contribution in [2.75, 3.05) is 11.4 Å². The number of hydrogen-bond donors (Lipinski definition) is 1. The van der Waals surface area contributed by atoms with Gasteiger partial charge in [0.2, 0.25) is 0 Å². The van der Waals surface area contributed by atoms with Gasteiger partial charge in [0.05, 0.1) is 17.7 Å². The summed E-state index contributed by atoms with van der Waals surface area (Å²) in [5.74, 6) is -1.14. The van der Waals surface area contributed by atoms with Crippen LogP contribution in [-0.2, 0) is 4.79 Å². The summed E-state index contributed by atoms with van der Waals surface area (Å²) in [6.07, 6.45) is 1.55. The second-order valence-electron chi connectivity index (χ2n) is 4.53. The van der Waals surface area contributed by atoms with Crippen LogP contribution < -0.4 is 4.90 Å². The smallest absolute Gasteiger partial charge is 0.305 e.